The van der Waals surface area contributed by atoms with E-state index in [9.17, 15) is 4.79 Å². The Morgan fingerprint density at radius 3 is 2.62 bits per heavy atom. The molecule has 0 aromatic carbocycles. The van der Waals surface area contributed by atoms with Crippen molar-refractivity contribution in [3.8, 4) is 0 Å². The third kappa shape index (κ3) is 3.34. The van der Waals surface area contributed by atoms with E-state index in [0.717, 1.165) is 0 Å². The van der Waals surface area contributed by atoms with Crippen LogP contribution in [0.25, 0.3) is 0 Å². The van der Waals surface area contributed by atoms with Gasteiger partial charge in [0.2, 0.25) is 5.91 Å². The molecule has 6 heteroatoms. The van der Waals surface area contributed by atoms with Gasteiger partial charge in [0.25, 0.3) is 0 Å². The fourth-order valence-electron chi connectivity index (χ4n) is 1.28. The standard InChI is InChI=1S/C10H15ClN4O/c1-6(10(16)15(3)4)12-9-5-8(11)13-7(2)14-9/h5-6H,1-4H3,(H,12,13,14). The second-order valence-electron chi connectivity index (χ2n) is 3.72. The Labute approximate surface area is 99.8 Å². The van der Waals surface area contributed by atoms with E-state index >= 15 is 0 Å². The Bertz CT molecular complexity index is 374. The van der Waals surface area contributed by atoms with Crippen LogP contribution >= 0.6 is 11.6 Å². The number of aromatic nitrogens is 2. The quantitative estimate of drug-likeness (QED) is 0.813. The molecule has 0 fully saturated rings. The number of aryl methyl sites for hydroxylation is 1. The second-order valence-corrected chi connectivity index (χ2v) is 4.11. The van der Waals surface area contributed by atoms with E-state index < -0.39 is 0 Å². The molecule has 5 nitrogen and oxygen atoms in total. The van der Waals surface area contributed by atoms with E-state index in [0.29, 0.717) is 16.8 Å². The molecular formula is C10H15ClN4O. The molecule has 1 rings (SSSR count). The summed E-state index contributed by atoms with van der Waals surface area (Å²) >= 11 is 5.79. The van der Waals surface area contributed by atoms with Crippen LogP contribution < -0.4 is 5.32 Å². The molecule has 0 aliphatic rings. The van der Waals surface area contributed by atoms with Crippen LogP contribution in [-0.2, 0) is 4.79 Å². The first-order valence-electron chi connectivity index (χ1n) is 4.89. The van der Waals surface area contributed by atoms with E-state index in [1.807, 2.05) is 0 Å². The summed E-state index contributed by atoms with van der Waals surface area (Å²) in [7, 11) is 3.41. The number of anilines is 1. The number of carbonyl (C=O) groups is 1. The molecule has 0 radical (unpaired) electrons. The summed E-state index contributed by atoms with van der Waals surface area (Å²) in [5.41, 5.74) is 0. The third-order valence-corrected chi connectivity index (χ3v) is 2.18. The van der Waals surface area contributed by atoms with Gasteiger partial charge in [-0.15, -0.1) is 0 Å². The highest BCUT2D eigenvalue weighted by Crippen LogP contribution is 2.12. The average Bonchev–Trinajstić information content (AvgIpc) is 2.14. The maximum atomic E-state index is 11.6. The number of nitrogens with one attached hydrogen (secondary N) is 1. The first-order chi connectivity index (χ1) is 7.40. The zero-order valence-corrected chi connectivity index (χ0v) is 10.5. The van der Waals surface area contributed by atoms with Crippen LogP contribution in [-0.4, -0.2) is 40.9 Å². The minimum atomic E-state index is -0.347. The van der Waals surface area contributed by atoms with Gasteiger partial charge in [-0.05, 0) is 13.8 Å². The van der Waals surface area contributed by atoms with E-state index in [1.54, 1.807) is 34.0 Å². The van der Waals surface area contributed by atoms with E-state index in [4.69, 9.17) is 11.6 Å². The van der Waals surface area contributed by atoms with Crippen molar-refractivity contribution in [1.29, 1.82) is 0 Å². The van der Waals surface area contributed by atoms with Crippen LogP contribution in [0.2, 0.25) is 5.15 Å². The molecule has 1 heterocycles. The fourth-order valence-corrected chi connectivity index (χ4v) is 1.50. The van der Waals surface area contributed by atoms with Crippen LogP contribution in [0, 0.1) is 6.92 Å². The predicted octanol–water partition coefficient (Wildman–Crippen LogP) is 1.33. The minimum Gasteiger partial charge on any atom is -0.358 e. The lowest BCUT2D eigenvalue weighted by molar-refractivity contribution is -0.129. The predicted molar refractivity (Wildman–Crippen MR) is 63.6 cm³/mol. The van der Waals surface area contributed by atoms with Gasteiger partial charge >= 0.3 is 0 Å². The van der Waals surface area contributed by atoms with Gasteiger partial charge in [0.15, 0.2) is 0 Å². The molecule has 0 aliphatic heterocycles. The minimum absolute atomic E-state index is 0.0209. The Balaban J connectivity index is 2.76. The van der Waals surface area contributed by atoms with Crippen molar-refractivity contribution in [2.45, 2.75) is 19.9 Å². The molecule has 0 spiro atoms. The van der Waals surface area contributed by atoms with Gasteiger partial charge in [-0.25, -0.2) is 9.97 Å². The maximum absolute atomic E-state index is 11.6. The number of halogens is 1. The Morgan fingerprint density at radius 1 is 1.50 bits per heavy atom. The monoisotopic (exact) mass is 242 g/mol. The van der Waals surface area contributed by atoms with Crippen molar-refractivity contribution >= 4 is 23.3 Å². The molecule has 1 atom stereocenters. The van der Waals surface area contributed by atoms with E-state index in [2.05, 4.69) is 15.3 Å². The molecule has 1 amide bonds. The lowest BCUT2D eigenvalue weighted by atomic mass is 10.3. The molecular weight excluding hydrogens is 228 g/mol. The van der Waals surface area contributed by atoms with Crippen LogP contribution in [0.1, 0.15) is 12.7 Å². The third-order valence-electron chi connectivity index (χ3n) is 1.98. The number of carbonyl (C=O) groups excluding carboxylic acids is 1. The summed E-state index contributed by atoms with van der Waals surface area (Å²) in [5, 5.41) is 3.34. The molecule has 88 valence electrons. The summed E-state index contributed by atoms with van der Waals surface area (Å²) in [6, 6.07) is 1.24. The molecule has 0 aliphatic carbocycles. The largest absolute Gasteiger partial charge is 0.358 e. The van der Waals surface area contributed by atoms with Crippen molar-refractivity contribution < 1.29 is 4.79 Å². The first kappa shape index (κ1) is 12.7. The van der Waals surface area contributed by atoms with Crippen molar-refractivity contribution in [3.63, 3.8) is 0 Å². The lowest BCUT2D eigenvalue weighted by Gasteiger charge is -2.18. The topological polar surface area (TPSA) is 58.1 Å². The zero-order valence-electron chi connectivity index (χ0n) is 9.78. The molecule has 0 saturated heterocycles. The van der Waals surface area contributed by atoms with Crippen molar-refractivity contribution in [2.75, 3.05) is 19.4 Å². The highest BCUT2D eigenvalue weighted by Gasteiger charge is 2.15. The average molecular weight is 243 g/mol. The molecule has 1 aromatic rings. The summed E-state index contributed by atoms with van der Waals surface area (Å²) in [5.74, 6) is 1.10. The van der Waals surface area contributed by atoms with Gasteiger partial charge in [-0.1, -0.05) is 11.6 Å². The van der Waals surface area contributed by atoms with Crippen LogP contribution in [0.4, 0.5) is 5.82 Å². The Kier molecular flexibility index (Phi) is 4.06. The maximum Gasteiger partial charge on any atom is 0.244 e. The smallest absolute Gasteiger partial charge is 0.244 e. The van der Waals surface area contributed by atoms with Gasteiger partial charge in [0.1, 0.15) is 22.8 Å². The number of hydrogen-bond acceptors (Lipinski definition) is 4. The molecule has 1 aromatic heterocycles. The molecule has 1 N–H and O–H groups in total. The number of amides is 1. The van der Waals surface area contributed by atoms with E-state index in [1.165, 1.54) is 4.90 Å². The Morgan fingerprint density at radius 2 is 2.12 bits per heavy atom. The lowest BCUT2D eigenvalue weighted by Crippen LogP contribution is -2.36. The summed E-state index contributed by atoms with van der Waals surface area (Å²) in [6.07, 6.45) is 0. The summed E-state index contributed by atoms with van der Waals surface area (Å²) in [6.45, 7) is 3.52. The van der Waals surface area contributed by atoms with Crippen molar-refractivity contribution in [3.05, 3.63) is 17.0 Å². The van der Waals surface area contributed by atoms with Crippen LogP contribution in [0.15, 0.2) is 6.07 Å². The number of hydrogen-bond donors (Lipinski definition) is 1. The van der Waals surface area contributed by atoms with Crippen molar-refractivity contribution in [2.24, 2.45) is 0 Å². The first-order valence-corrected chi connectivity index (χ1v) is 5.27. The van der Waals surface area contributed by atoms with E-state index in [-0.39, 0.29) is 11.9 Å². The normalized spacial score (nSPS) is 12.1. The zero-order chi connectivity index (χ0) is 12.3. The molecule has 1 unspecified atom stereocenters. The highest BCUT2D eigenvalue weighted by atomic mass is 35.5. The van der Waals surface area contributed by atoms with Crippen molar-refractivity contribution in [1.82, 2.24) is 14.9 Å². The second kappa shape index (κ2) is 5.12. The number of nitrogens with zero attached hydrogens (tertiary/aromatic N) is 3. The van der Waals surface area contributed by atoms with Crippen LogP contribution in [0.3, 0.4) is 0 Å². The number of rotatable bonds is 3. The van der Waals surface area contributed by atoms with Crippen LogP contribution in [0.5, 0.6) is 0 Å². The summed E-state index contributed by atoms with van der Waals surface area (Å²) < 4.78 is 0. The fraction of sp³-hybridized carbons (Fsp3) is 0.500. The van der Waals surface area contributed by atoms with Gasteiger partial charge in [-0.3, -0.25) is 4.79 Å². The van der Waals surface area contributed by atoms with Gasteiger partial charge in [0.05, 0.1) is 0 Å². The molecule has 0 bridgehead atoms. The van der Waals surface area contributed by atoms with Gasteiger partial charge < -0.3 is 10.2 Å². The Hall–Kier alpha value is -1.36. The van der Waals surface area contributed by atoms with Gasteiger partial charge in [-0.2, -0.15) is 0 Å². The SMILES string of the molecule is Cc1nc(Cl)cc(NC(C)C(=O)N(C)C)n1. The van der Waals surface area contributed by atoms with Gasteiger partial charge in [0, 0.05) is 20.2 Å². The molecule has 16 heavy (non-hydrogen) atoms. The number of likely N-dealkylation sites (N-methyl/N-ethyl adjacent to an activating group) is 1. The summed E-state index contributed by atoms with van der Waals surface area (Å²) in [4.78, 5) is 21.2. The molecule has 0 saturated carbocycles. The highest BCUT2D eigenvalue weighted by molar-refractivity contribution is 6.29.